The third-order valence-electron chi connectivity index (χ3n) is 3.39. The van der Waals surface area contributed by atoms with Crippen LogP contribution >= 0.6 is 0 Å². The fourth-order valence-corrected chi connectivity index (χ4v) is 2.26. The van der Waals surface area contributed by atoms with E-state index in [2.05, 4.69) is 5.32 Å². The van der Waals surface area contributed by atoms with Crippen molar-refractivity contribution in [2.24, 2.45) is 0 Å². The number of methoxy groups -OCH3 is 2. The summed E-state index contributed by atoms with van der Waals surface area (Å²) in [5, 5.41) is 13.8. The lowest BCUT2D eigenvalue weighted by Crippen LogP contribution is -2.27. The van der Waals surface area contributed by atoms with Gasteiger partial charge >= 0.3 is 0 Å². The van der Waals surface area contributed by atoms with E-state index in [9.17, 15) is 10.1 Å². The Morgan fingerprint density at radius 1 is 1.22 bits per heavy atom. The predicted octanol–water partition coefficient (Wildman–Crippen LogP) is 2.52. The van der Waals surface area contributed by atoms with Gasteiger partial charge in [-0.1, -0.05) is 30.3 Å². The second kappa shape index (κ2) is 7.97. The molecule has 0 saturated heterocycles. The number of benzene rings is 2. The number of ether oxygens (including phenoxy) is 2. The normalized spacial score (nSPS) is 11.1. The molecule has 1 N–H and O–H groups in total. The van der Waals surface area contributed by atoms with Crippen LogP contribution in [-0.2, 0) is 9.53 Å². The zero-order valence-corrected chi connectivity index (χ0v) is 13.1. The molecule has 118 valence electrons. The van der Waals surface area contributed by atoms with E-state index in [1.165, 1.54) is 0 Å². The summed E-state index contributed by atoms with van der Waals surface area (Å²) >= 11 is 0. The first-order chi connectivity index (χ1) is 11.2. The molecule has 2 aromatic rings. The number of hydrogen-bond donors (Lipinski definition) is 1. The van der Waals surface area contributed by atoms with Gasteiger partial charge in [0.05, 0.1) is 13.7 Å². The third-order valence-corrected chi connectivity index (χ3v) is 3.39. The number of carbonyl (C=O) groups is 1. The molecular weight excluding hydrogens is 292 g/mol. The van der Waals surface area contributed by atoms with E-state index in [4.69, 9.17) is 9.47 Å². The lowest BCUT2D eigenvalue weighted by Gasteiger charge is -2.08. The van der Waals surface area contributed by atoms with Crippen molar-refractivity contribution >= 4 is 22.8 Å². The van der Waals surface area contributed by atoms with Crippen LogP contribution in [-0.4, -0.2) is 33.3 Å². The largest absolute Gasteiger partial charge is 0.496 e. The zero-order valence-electron chi connectivity index (χ0n) is 13.1. The van der Waals surface area contributed by atoms with E-state index in [1.807, 2.05) is 42.5 Å². The zero-order chi connectivity index (χ0) is 16.7. The first-order valence-corrected chi connectivity index (χ1v) is 7.16. The van der Waals surface area contributed by atoms with E-state index in [0.717, 1.165) is 22.1 Å². The standard InChI is InChI=1S/C18H18N2O3/c1-22-10-9-20-18(21)14(12-19)11-13-7-8-17(23-2)16-6-4-3-5-15(13)16/h3-8,11H,9-10H2,1-2H3,(H,20,21)/b14-11+. The lowest BCUT2D eigenvalue weighted by atomic mass is 10.0. The molecule has 0 aliphatic heterocycles. The molecule has 0 aromatic heterocycles. The molecule has 0 bridgehead atoms. The van der Waals surface area contributed by atoms with Crippen LogP contribution in [0.15, 0.2) is 42.0 Å². The monoisotopic (exact) mass is 310 g/mol. The van der Waals surface area contributed by atoms with Crippen molar-refractivity contribution in [3.8, 4) is 11.8 Å². The van der Waals surface area contributed by atoms with Gasteiger partial charge in [0.2, 0.25) is 0 Å². The minimum atomic E-state index is -0.413. The van der Waals surface area contributed by atoms with Gasteiger partial charge in [-0.25, -0.2) is 0 Å². The Morgan fingerprint density at radius 3 is 2.61 bits per heavy atom. The van der Waals surface area contributed by atoms with Crippen LogP contribution < -0.4 is 10.1 Å². The smallest absolute Gasteiger partial charge is 0.262 e. The Hall–Kier alpha value is -2.84. The number of fused-ring (bicyclic) bond motifs is 1. The quantitative estimate of drug-likeness (QED) is 0.505. The number of hydrogen-bond acceptors (Lipinski definition) is 4. The molecule has 5 heteroatoms. The highest BCUT2D eigenvalue weighted by molar-refractivity contribution is 6.04. The molecule has 2 rings (SSSR count). The SMILES string of the molecule is COCCNC(=O)/C(C#N)=C/c1ccc(OC)c2ccccc12. The highest BCUT2D eigenvalue weighted by Crippen LogP contribution is 2.29. The van der Waals surface area contributed by atoms with Gasteiger partial charge in [-0.3, -0.25) is 4.79 Å². The Balaban J connectivity index is 2.39. The van der Waals surface area contributed by atoms with Crippen LogP contribution in [0.2, 0.25) is 0 Å². The van der Waals surface area contributed by atoms with Gasteiger partial charge in [-0.2, -0.15) is 5.26 Å². The molecule has 5 nitrogen and oxygen atoms in total. The topological polar surface area (TPSA) is 71.3 Å². The third kappa shape index (κ3) is 3.87. The summed E-state index contributed by atoms with van der Waals surface area (Å²) in [6.45, 7) is 0.758. The fraction of sp³-hybridized carbons (Fsp3) is 0.222. The summed E-state index contributed by atoms with van der Waals surface area (Å²) in [5.74, 6) is 0.338. The van der Waals surface area contributed by atoms with Crippen molar-refractivity contribution in [2.45, 2.75) is 0 Å². The van der Waals surface area contributed by atoms with E-state index in [-0.39, 0.29) is 5.57 Å². The maximum Gasteiger partial charge on any atom is 0.262 e. The number of nitrogens with one attached hydrogen (secondary N) is 1. The van der Waals surface area contributed by atoms with E-state index < -0.39 is 5.91 Å². The van der Waals surface area contributed by atoms with Crippen molar-refractivity contribution < 1.29 is 14.3 Å². The number of nitriles is 1. The molecule has 23 heavy (non-hydrogen) atoms. The molecule has 0 saturated carbocycles. The molecule has 0 unspecified atom stereocenters. The van der Waals surface area contributed by atoms with Crippen LogP contribution in [0, 0.1) is 11.3 Å². The van der Waals surface area contributed by atoms with Crippen molar-refractivity contribution in [3.05, 3.63) is 47.5 Å². The van der Waals surface area contributed by atoms with Gasteiger partial charge in [0, 0.05) is 19.0 Å². The maximum absolute atomic E-state index is 12.0. The lowest BCUT2D eigenvalue weighted by molar-refractivity contribution is -0.117. The molecule has 0 fully saturated rings. The Bertz CT molecular complexity index is 775. The Morgan fingerprint density at radius 2 is 1.96 bits per heavy atom. The van der Waals surface area contributed by atoms with Crippen molar-refractivity contribution in [1.29, 1.82) is 5.26 Å². The summed E-state index contributed by atoms with van der Waals surface area (Å²) < 4.78 is 10.2. The summed E-state index contributed by atoms with van der Waals surface area (Å²) in [7, 11) is 3.16. The van der Waals surface area contributed by atoms with Crippen molar-refractivity contribution in [2.75, 3.05) is 27.4 Å². The molecule has 0 heterocycles. The van der Waals surface area contributed by atoms with Crippen LogP contribution in [0.3, 0.4) is 0 Å². The van der Waals surface area contributed by atoms with Gasteiger partial charge in [0.25, 0.3) is 5.91 Å². The molecule has 0 aliphatic rings. The molecule has 1 amide bonds. The van der Waals surface area contributed by atoms with Gasteiger partial charge in [-0.05, 0) is 23.1 Å². The van der Waals surface area contributed by atoms with E-state index >= 15 is 0 Å². The van der Waals surface area contributed by atoms with Crippen molar-refractivity contribution in [1.82, 2.24) is 5.32 Å². The number of rotatable bonds is 6. The minimum Gasteiger partial charge on any atom is -0.496 e. The summed E-state index contributed by atoms with van der Waals surface area (Å²) in [4.78, 5) is 12.0. The molecule has 0 atom stereocenters. The van der Waals surface area contributed by atoms with Gasteiger partial charge in [0.1, 0.15) is 17.4 Å². The van der Waals surface area contributed by atoms with E-state index in [0.29, 0.717) is 13.2 Å². The summed E-state index contributed by atoms with van der Waals surface area (Å²) in [5.41, 5.74) is 0.844. The van der Waals surface area contributed by atoms with Crippen LogP contribution in [0.4, 0.5) is 0 Å². The minimum absolute atomic E-state index is 0.0522. The van der Waals surface area contributed by atoms with Crippen molar-refractivity contribution in [3.63, 3.8) is 0 Å². The van der Waals surface area contributed by atoms with Gasteiger partial charge < -0.3 is 14.8 Å². The second-order valence-corrected chi connectivity index (χ2v) is 4.82. The highest BCUT2D eigenvalue weighted by atomic mass is 16.5. The molecule has 2 aromatic carbocycles. The Labute approximate surface area is 135 Å². The van der Waals surface area contributed by atoms with Gasteiger partial charge in [-0.15, -0.1) is 0 Å². The molecule has 0 aliphatic carbocycles. The highest BCUT2D eigenvalue weighted by Gasteiger charge is 2.10. The van der Waals surface area contributed by atoms with Crippen LogP contribution in [0.25, 0.3) is 16.8 Å². The van der Waals surface area contributed by atoms with Gasteiger partial charge in [0.15, 0.2) is 0 Å². The molecule has 0 radical (unpaired) electrons. The Kier molecular flexibility index (Phi) is 5.73. The summed E-state index contributed by atoms with van der Waals surface area (Å²) in [6, 6.07) is 13.3. The first-order valence-electron chi connectivity index (χ1n) is 7.16. The van der Waals surface area contributed by atoms with Crippen LogP contribution in [0.1, 0.15) is 5.56 Å². The average Bonchev–Trinajstić information content (AvgIpc) is 2.59. The molecule has 0 spiro atoms. The first kappa shape index (κ1) is 16.5. The fourth-order valence-electron chi connectivity index (χ4n) is 2.26. The second-order valence-electron chi connectivity index (χ2n) is 4.82. The average molecular weight is 310 g/mol. The molecular formula is C18H18N2O3. The predicted molar refractivity (Wildman–Crippen MR) is 89.0 cm³/mol. The number of carbonyl (C=O) groups excluding carboxylic acids is 1. The van der Waals surface area contributed by atoms with E-state index in [1.54, 1.807) is 20.3 Å². The number of amides is 1. The summed E-state index contributed by atoms with van der Waals surface area (Å²) in [6.07, 6.45) is 1.59. The van der Waals surface area contributed by atoms with Crippen LogP contribution in [0.5, 0.6) is 5.75 Å². The maximum atomic E-state index is 12.0. The number of nitrogens with zero attached hydrogens (tertiary/aromatic N) is 1.